The Morgan fingerprint density at radius 1 is 1.17 bits per heavy atom. The second-order valence-corrected chi connectivity index (χ2v) is 5.14. The third-order valence-electron chi connectivity index (χ3n) is 4.09. The van der Waals surface area contributed by atoms with Crippen molar-refractivity contribution in [1.82, 2.24) is 0 Å². The summed E-state index contributed by atoms with van der Waals surface area (Å²) in [5, 5.41) is 9.70. The number of piperidine rings is 1. The number of carbonyl (C=O) groups is 2. The molecular formula is C14H15NO3. The first-order valence-electron chi connectivity index (χ1n) is 6.26. The predicted molar refractivity (Wildman–Crippen MR) is 66.2 cm³/mol. The number of phenolic OH excluding ortho intramolecular Hbond substituents is 1. The van der Waals surface area contributed by atoms with Crippen molar-refractivity contribution in [3.05, 3.63) is 23.8 Å². The van der Waals surface area contributed by atoms with E-state index in [9.17, 15) is 14.7 Å². The van der Waals surface area contributed by atoms with Crippen molar-refractivity contribution in [3.63, 3.8) is 0 Å². The normalized spacial score (nSPS) is 26.8. The fraction of sp³-hybridized carbons (Fsp3) is 0.429. The molecule has 2 atom stereocenters. The molecule has 2 bridgehead atoms. The number of hydrogen-bond acceptors (Lipinski definition) is 3. The zero-order valence-corrected chi connectivity index (χ0v) is 10.2. The minimum absolute atomic E-state index is 0.0190. The SMILES string of the molecule is Cc1c(O)cccc1N1C(=O)C2CCC(C2)C1=O. The van der Waals surface area contributed by atoms with Crippen LogP contribution < -0.4 is 4.90 Å². The number of amides is 2. The molecule has 2 fully saturated rings. The lowest BCUT2D eigenvalue weighted by molar-refractivity contribution is -0.133. The lowest BCUT2D eigenvalue weighted by Gasteiger charge is -2.30. The first-order valence-corrected chi connectivity index (χ1v) is 6.26. The molecule has 0 radical (unpaired) electrons. The third-order valence-corrected chi connectivity index (χ3v) is 4.09. The van der Waals surface area contributed by atoms with Crippen LogP contribution >= 0.6 is 0 Å². The van der Waals surface area contributed by atoms with E-state index in [0.717, 1.165) is 12.8 Å². The Balaban J connectivity index is 2.08. The summed E-state index contributed by atoms with van der Waals surface area (Å²) in [7, 11) is 0. The first-order chi connectivity index (χ1) is 8.59. The molecule has 4 heteroatoms. The van der Waals surface area contributed by atoms with Gasteiger partial charge in [0, 0.05) is 17.4 Å². The highest BCUT2D eigenvalue weighted by molar-refractivity contribution is 6.19. The minimum atomic E-state index is -0.109. The van der Waals surface area contributed by atoms with Gasteiger partial charge in [0.15, 0.2) is 0 Å². The number of benzene rings is 1. The van der Waals surface area contributed by atoms with E-state index >= 15 is 0 Å². The van der Waals surface area contributed by atoms with Crippen molar-refractivity contribution < 1.29 is 14.7 Å². The summed E-state index contributed by atoms with van der Waals surface area (Å²) in [6.45, 7) is 1.72. The maximum atomic E-state index is 12.3. The average molecular weight is 245 g/mol. The molecule has 2 aliphatic rings. The Morgan fingerprint density at radius 2 is 1.78 bits per heavy atom. The van der Waals surface area contributed by atoms with E-state index in [1.807, 2.05) is 0 Å². The van der Waals surface area contributed by atoms with E-state index in [2.05, 4.69) is 0 Å². The van der Waals surface area contributed by atoms with Gasteiger partial charge in [-0.1, -0.05) is 6.07 Å². The van der Waals surface area contributed by atoms with Gasteiger partial charge in [-0.3, -0.25) is 9.59 Å². The van der Waals surface area contributed by atoms with Gasteiger partial charge in [0.1, 0.15) is 5.75 Å². The monoisotopic (exact) mass is 245 g/mol. The molecule has 2 amide bonds. The molecule has 1 aliphatic heterocycles. The van der Waals surface area contributed by atoms with Crippen LogP contribution in [0, 0.1) is 18.8 Å². The molecule has 2 unspecified atom stereocenters. The van der Waals surface area contributed by atoms with Crippen LogP contribution in [0.1, 0.15) is 24.8 Å². The number of anilines is 1. The number of imide groups is 1. The van der Waals surface area contributed by atoms with Gasteiger partial charge >= 0.3 is 0 Å². The molecule has 1 saturated heterocycles. The van der Waals surface area contributed by atoms with Crippen LogP contribution in [-0.4, -0.2) is 16.9 Å². The lowest BCUT2D eigenvalue weighted by atomic mass is 9.96. The molecule has 94 valence electrons. The Bertz CT molecular complexity index is 516. The zero-order valence-electron chi connectivity index (χ0n) is 10.2. The van der Waals surface area contributed by atoms with Gasteiger partial charge in [-0.2, -0.15) is 0 Å². The van der Waals surface area contributed by atoms with Gasteiger partial charge < -0.3 is 5.11 Å². The molecule has 1 aromatic rings. The number of rotatable bonds is 1. The first kappa shape index (κ1) is 11.3. The molecule has 18 heavy (non-hydrogen) atoms. The Hall–Kier alpha value is -1.84. The second kappa shape index (κ2) is 3.83. The van der Waals surface area contributed by atoms with Crippen LogP contribution in [0.25, 0.3) is 0 Å². The van der Waals surface area contributed by atoms with E-state index in [0.29, 0.717) is 17.7 Å². The quantitative estimate of drug-likeness (QED) is 0.770. The molecule has 1 heterocycles. The van der Waals surface area contributed by atoms with Gasteiger partial charge in [0.2, 0.25) is 11.8 Å². The average Bonchev–Trinajstić information content (AvgIpc) is 2.79. The van der Waals surface area contributed by atoms with Crippen LogP contribution in [0.5, 0.6) is 5.75 Å². The summed E-state index contributed by atoms with van der Waals surface area (Å²) in [4.78, 5) is 25.8. The van der Waals surface area contributed by atoms with Crippen molar-refractivity contribution in [2.75, 3.05) is 4.90 Å². The lowest BCUT2D eigenvalue weighted by Crippen LogP contribution is -2.46. The number of hydrogen-bond donors (Lipinski definition) is 1. The van der Waals surface area contributed by atoms with Crippen molar-refractivity contribution in [2.45, 2.75) is 26.2 Å². The van der Waals surface area contributed by atoms with E-state index in [4.69, 9.17) is 0 Å². The van der Waals surface area contributed by atoms with Crippen molar-refractivity contribution in [3.8, 4) is 5.75 Å². The van der Waals surface area contributed by atoms with Crippen LogP contribution in [0.15, 0.2) is 18.2 Å². The van der Waals surface area contributed by atoms with Crippen molar-refractivity contribution in [2.24, 2.45) is 11.8 Å². The molecule has 0 spiro atoms. The smallest absolute Gasteiger partial charge is 0.236 e. The van der Waals surface area contributed by atoms with Gasteiger partial charge in [0.05, 0.1) is 5.69 Å². The molecule has 4 nitrogen and oxygen atoms in total. The van der Waals surface area contributed by atoms with Gasteiger partial charge in [0.25, 0.3) is 0 Å². The zero-order chi connectivity index (χ0) is 12.9. The maximum absolute atomic E-state index is 12.3. The summed E-state index contributed by atoms with van der Waals surface area (Å²) >= 11 is 0. The Morgan fingerprint density at radius 3 is 2.39 bits per heavy atom. The number of nitrogens with zero attached hydrogens (tertiary/aromatic N) is 1. The molecule has 1 aliphatic carbocycles. The van der Waals surface area contributed by atoms with Gasteiger partial charge in [-0.25, -0.2) is 4.90 Å². The second-order valence-electron chi connectivity index (χ2n) is 5.14. The molecule has 1 aromatic carbocycles. The van der Waals surface area contributed by atoms with Crippen LogP contribution in [0.4, 0.5) is 5.69 Å². The van der Waals surface area contributed by atoms with E-state index < -0.39 is 0 Å². The highest BCUT2D eigenvalue weighted by atomic mass is 16.3. The largest absolute Gasteiger partial charge is 0.508 e. The summed E-state index contributed by atoms with van der Waals surface area (Å²) in [5.41, 5.74) is 1.11. The number of phenols is 1. The molecule has 1 saturated carbocycles. The fourth-order valence-corrected chi connectivity index (χ4v) is 3.00. The summed E-state index contributed by atoms with van der Waals surface area (Å²) in [5.74, 6) is -0.139. The van der Waals surface area contributed by atoms with Gasteiger partial charge in [-0.05, 0) is 38.3 Å². The molecule has 0 aromatic heterocycles. The van der Waals surface area contributed by atoms with E-state index in [-0.39, 0.29) is 29.4 Å². The van der Waals surface area contributed by atoms with Crippen molar-refractivity contribution >= 4 is 17.5 Å². The highest BCUT2D eigenvalue weighted by Gasteiger charge is 2.46. The standard InChI is InChI=1S/C14H15NO3/c1-8-11(3-2-4-12(8)16)15-13(17)9-5-6-10(7-9)14(15)18/h2-4,9-10,16H,5-7H2,1H3. The maximum Gasteiger partial charge on any atom is 0.236 e. The minimum Gasteiger partial charge on any atom is -0.508 e. The van der Waals surface area contributed by atoms with Gasteiger partial charge in [-0.15, -0.1) is 0 Å². The van der Waals surface area contributed by atoms with E-state index in [1.165, 1.54) is 4.90 Å². The summed E-state index contributed by atoms with van der Waals surface area (Å²) < 4.78 is 0. The molecular weight excluding hydrogens is 230 g/mol. The summed E-state index contributed by atoms with van der Waals surface area (Å²) in [6.07, 6.45) is 2.32. The van der Waals surface area contributed by atoms with Crippen LogP contribution in [-0.2, 0) is 9.59 Å². The number of carbonyl (C=O) groups excluding carboxylic acids is 2. The highest BCUT2D eigenvalue weighted by Crippen LogP contribution is 2.41. The predicted octanol–water partition coefficient (Wildman–Crippen LogP) is 1.99. The topological polar surface area (TPSA) is 57.6 Å². The summed E-state index contributed by atoms with van der Waals surface area (Å²) in [6, 6.07) is 4.94. The molecule has 1 N–H and O–H groups in total. The van der Waals surface area contributed by atoms with E-state index in [1.54, 1.807) is 25.1 Å². The fourth-order valence-electron chi connectivity index (χ4n) is 3.00. The van der Waals surface area contributed by atoms with Crippen LogP contribution in [0.3, 0.4) is 0 Å². The third kappa shape index (κ3) is 1.45. The number of fused-ring (bicyclic) bond motifs is 2. The van der Waals surface area contributed by atoms with Crippen molar-refractivity contribution in [1.29, 1.82) is 0 Å². The molecule has 3 rings (SSSR count). The van der Waals surface area contributed by atoms with Crippen LogP contribution in [0.2, 0.25) is 0 Å². The Labute approximate surface area is 105 Å². The Kier molecular flexibility index (Phi) is 2.40. The number of aromatic hydroxyl groups is 1.